The number of esters is 1. The number of fused-ring (bicyclic) bond motifs is 1. The Hall–Kier alpha value is -0.840. The number of ether oxygens (including phenoxy) is 1. The van der Waals surface area contributed by atoms with Crippen LogP contribution < -0.4 is 0 Å². The molecule has 0 bridgehead atoms. The second kappa shape index (κ2) is 3.07. The Morgan fingerprint density at radius 1 is 1.67 bits per heavy atom. The van der Waals surface area contributed by atoms with Gasteiger partial charge in [-0.1, -0.05) is 6.08 Å². The Balaban J connectivity index is 2.17. The lowest BCUT2D eigenvalue weighted by Crippen LogP contribution is -2.21. The summed E-state index contributed by atoms with van der Waals surface area (Å²) in [6, 6.07) is 0. The summed E-state index contributed by atoms with van der Waals surface area (Å²) in [4.78, 5) is 11.5. The minimum atomic E-state index is -2.98. The van der Waals surface area contributed by atoms with Crippen LogP contribution in [0.3, 0.4) is 0 Å². The van der Waals surface area contributed by atoms with E-state index in [1.807, 2.05) is 0 Å². The van der Waals surface area contributed by atoms with E-state index in [-0.39, 0.29) is 29.3 Å². The van der Waals surface area contributed by atoms with Crippen LogP contribution in [0.4, 0.5) is 0 Å². The highest BCUT2D eigenvalue weighted by atomic mass is 32.2. The Morgan fingerprint density at radius 3 is 2.80 bits per heavy atom. The van der Waals surface area contributed by atoms with Crippen molar-refractivity contribution in [1.82, 2.24) is 0 Å². The molecule has 0 N–H and O–H groups in total. The maximum absolute atomic E-state index is 11.5. The van der Waals surface area contributed by atoms with Crippen LogP contribution >= 0.6 is 0 Å². The summed E-state index contributed by atoms with van der Waals surface area (Å²) in [6.45, 7) is 5.72. The molecule has 5 heteroatoms. The number of hydrogen-bond acceptors (Lipinski definition) is 4. The molecule has 2 rings (SSSR count). The van der Waals surface area contributed by atoms with Crippen LogP contribution in [-0.4, -0.2) is 32.5 Å². The van der Waals surface area contributed by atoms with Crippen molar-refractivity contribution in [2.45, 2.75) is 6.92 Å². The van der Waals surface area contributed by atoms with Crippen molar-refractivity contribution in [3.63, 3.8) is 0 Å². The van der Waals surface area contributed by atoms with E-state index in [4.69, 9.17) is 4.74 Å². The molecule has 0 aromatic carbocycles. The highest BCUT2D eigenvalue weighted by molar-refractivity contribution is 7.91. The van der Waals surface area contributed by atoms with Gasteiger partial charge in [-0.15, -0.1) is 6.58 Å². The summed E-state index contributed by atoms with van der Waals surface area (Å²) in [5, 5.41) is 0. The molecule has 1 heterocycles. The van der Waals surface area contributed by atoms with Gasteiger partial charge in [-0.05, 0) is 12.8 Å². The molecule has 1 saturated heterocycles. The van der Waals surface area contributed by atoms with Crippen molar-refractivity contribution >= 4 is 15.8 Å². The highest BCUT2D eigenvalue weighted by Crippen LogP contribution is 2.65. The quantitative estimate of drug-likeness (QED) is 0.520. The zero-order chi connectivity index (χ0) is 11.3. The fourth-order valence-corrected chi connectivity index (χ4v) is 5.10. The van der Waals surface area contributed by atoms with Crippen LogP contribution in [0.5, 0.6) is 0 Å². The molecule has 0 spiro atoms. The lowest BCUT2D eigenvalue weighted by Gasteiger charge is -2.08. The van der Waals surface area contributed by atoms with Crippen LogP contribution in [-0.2, 0) is 19.4 Å². The first-order valence-electron chi connectivity index (χ1n) is 4.97. The van der Waals surface area contributed by atoms with Gasteiger partial charge < -0.3 is 4.74 Å². The number of carbonyl (C=O) groups excluding carboxylic acids is 1. The molecule has 3 atom stereocenters. The average molecular weight is 230 g/mol. The Morgan fingerprint density at radius 2 is 2.33 bits per heavy atom. The molecule has 0 aromatic heterocycles. The van der Waals surface area contributed by atoms with Gasteiger partial charge in [0, 0.05) is 5.41 Å². The van der Waals surface area contributed by atoms with Crippen LogP contribution in [0.15, 0.2) is 12.7 Å². The smallest absolute Gasteiger partial charge is 0.310 e. The maximum Gasteiger partial charge on any atom is 0.310 e. The predicted octanol–water partition coefficient (Wildman–Crippen LogP) is 0.396. The minimum absolute atomic E-state index is 0.0532. The maximum atomic E-state index is 11.5. The zero-order valence-corrected chi connectivity index (χ0v) is 9.42. The van der Waals surface area contributed by atoms with Crippen LogP contribution in [0.1, 0.15) is 6.92 Å². The van der Waals surface area contributed by atoms with Gasteiger partial charge >= 0.3 is 5.97 Å². The lowest BCUT2D eigenvalue weighted by molar-refractivity contribution is -0.145. The van der Waals surface area contributed by atoms with Crippen molar-refractivity contribution in [3.05, 3.63) is 12.7 Å². The van der Waals surface area contributed by atoms with Gasteiger partial charge in [0.1, 0.15) is 0 Å². The number of rotatable bonds is 3. The average Bonchev–Trinajstić information content (AvgIpc) is 2.62. The van der Waals surface area contributed by atoms with Gasteiger partial charge in [-0.25, -0.2) is 8.42 Å². The molecular weight excluding hydrogens is 216 g/mol. The number of carbonyl (C=O) groups is 1. The fraction of sp³-hybridized carbons (Fsp3) is 0.700. The van der Waals surface area contributed by atoms with Crippen molar-refractivity contribution in [2.24, 2.45) is 17.3 Å². The van der Waals surface area contributed by atoms with Crippen LogP contribution in [0.25, 0.3) is 0 Å². The molecule has 0 unspecified atom stereocenters. The van der Waals surface area contributed by atoms with E-state index in [0.717, 1.165) is 0 Å². The lowest BCUT2D eigenvalue weighted by atomic mass is 10.1. The van der Waals surface area contributed by atoms with E-state index < -0.39 is 15.3 Å². The molecule has 84 valence electrons. The fourth-order valence-electron chi connectivity index (χ4n) is 2.66. The normalized spacial score (nSPS) is 40.6. The molecule has 2 aliphatic rings. The molecule has 1 saturated carbocycles. The summed E-state index contributed by atoms with van der Waals surface area (Å²) < 4.78 is 27.6. The monoisotopic (exact) mass is 230 g/mol. The second-order valence-electron chi connectivity index (χ2n) is 4.21. The topological polar surface area (TPSA) is 60.4 Å². The van der Waals surface area contributed by atoms with E-state index in [9.17, 15) is 13.2 Å². The molecule has 1 aliphatic heterocycles. The van der Waals surface area contributed by atoms with Gasteiger partial charge in [0.15, 0.2) is 9.84 Å². The zero-order valence-electron chi connectivity index (χ0n) is 8.60. The van der Waals surface area contributed by atoms with Gasteiger partial charge in [0.05, 0.1) is 24.0 Å². The standard InChI is InChI=1S/C10H14O4S/c1-3-10-6-15(12,13)5-7(10)8(10)9(11)14-4-2/h3,7-8H,1,4-6H2,2H3/t7-,8+,10-/m0/s1. The SMILES string of the molecule is C=C[C@]12CS(=O)(=O)C[C@H]1[C@@H]2C(=O)OCC. The Labute approximate surface area is 89.2 Å². The van der Waals surface area contributed by atoms with Gasteiger partial charge in [0.2, 0.25) is 0 Å². The first-order chi connectivity index (χ1) is 6.97. The van der Waals surface area contributed by atoms with E-state index >= 15 is 0 Å². The Kier molecular flexibility index (Phi) is 2.19. The van der Waals surface area contributed by atoms with E-state index in [2.05, 4.69) is 6.58 Å². The van der Waals surface area contributed by atoms with Crippen LogP contribution in [0, 0.1) is 17.3 Å². The van der Waals surface area contributed by atoms with Crippen molar-refractivity contribution in [3.8, 4) is 0 Å². The number of allylic oxidation sites excluding steroid dienone is 1. The Bertz CT molecular complexity index is 411. The third kappa shape index (κ3) is 1.40. The second-order valence-corrected chi connectivity index (χ2v) is 6.32. The summed E-state index contributed by atoms with van der Waals surface area (Å²) >= 11 is 0. The van der Waals surface area contributed by atoms with Gasteiger partial charge in [-0.2, -0.15) is 0 Å². The first-order valence-corrected chi connectivity index (χ1v) is 6.79. The van der Waals surface area contributed by atoms with E-state index in [1.165, 1.54) is 0 Å². The third-order valence-electron chi connectivity index (χ3n) is 3.39. The molecule has 0 aromatic rings. The van der Waals surface area contributed by atoms with Gasteiger partial charge in [-0.3, -0.25) is 4.79 Å². The third-order valence-corrected chi connectivity index (χ3v) is 5.19. The number of hydrogen-bond donors (Lipinski definition) is 0. The number of sulfone groups is 1. The molecule has 1 aliphatic carbocycles. The molecule has 15 heavy (non-hydrogen) atoms. The van der Waals surface area contributed by atoms with Crippen molar-refractivity contribution < 1.29 is 17.9 Å². The summed E-state index contributed by atoms with van der Waals surface area (Å²) in [5.41, 5.74) is -0.523. The van der Waals surface area contributed by atoms with Crippen LogP contribution in [0.2, 0.25) is 0 Å². The highest BCUT2D eigenvalue weighted by Gasteiger charge is 2.73. The predicted molar refractivity (Wildman–Crippen MR) is 54.9 cm³/mol. The first kappa shape index (κ1) is 10.7. The van der Waals surface area contributed by atoms with Gasteiger partial charge in [0.25, 0.3) is 0 Å². The molecule has 4 nitrogen and oxygen atoms in total. The van der Waals surface area contributed by atoms with Crippen molar-refractivity contribution in [1.29, 1.82) is 0 Å². The summed E-state index contributed by atoms with van der Waals surface area (Å²) in [5.74, 6) is -0.505. The molecule has 0 amide bonds. The summed E-state index contributed by atoms with van der Waals surface area (Å²) in [6.07, 6.45) is 1.61. The van der Waals surface area contributed by atoms with E-state index in [0.29, 0.717) is 6.61 Å². The minimum Gasteiger partial charge on any atom is -0.466 e. The molecule has 2 fully saturated rings. The largest absolute Gasteiger partial charge is 0.466 e. The molecule has 0 radical (unpaired) electrons. The summed E-state index contributed by atoms with van der Waals surface area (Å²) in [7, 11) is -2.98. The molecular formula is C10H14O4S. The van der Waals surface area contributed by atoms with E-state index in [1.54, 1.807) is 13.0 Å². The van der Waals surface area contributed by atoms with Crippen molar-refractivity contribution in [2.75, 3.05) is 18.1 Å².